The van der Waals surface area contributed by atoms with E-state index in [0.29, 0.717) is 35.0 Å². The largest absolute Gasteiger partial charge is 0.341 e. The Morgan fingerprint density at radius 2 is 2.07 bits per heavy atom. The van der Waals surface area contributed by atoms with Crippen LogP contribution in [0.5, 0.6) is 0 Å². The van der Waals surface area contributed by atoms with E-state index < -0.39 is 4.92 Å². The minimum atomic E-state index is -0.433. The van der Waals surface area contributed by atoms with E-state index in [2.05, 4.69) is 16.4 Å². The molecule has 0 spiro atoms. The molecule has 0 saturated carbocycles. The Morgan fingerprint density at radius 1 is 1.28 bits per heavy atom. The number of benzene rings is 2. The van der Waals surface area contributed by atoms with Gasteiger partial charge in [0, 0.05) is 23.7 Å². The van der Waals surface area contributed by atoms with Gasteiger partial charge in [-0.3, -0.25) is 14.5 Å². The van der Waals surface area contributed by atoms with Gasteiger partial charge in [0.2, 0.25) is 0 Å². The van der Waals surface area contributed by atoms with Crippen LogP contribution >= 0.6 is 11.6 Å². The van der Waals surface area contributed by atoms with Gasteiger partial charge in [0.05, 0.1) is 21.5 Å². The first-order chi connectivity index (χ1) is 14.0. The molecule has 0 atom stereocenters. The number of non-ortho nitro benzene ring substituents is 1. The number of rotatable bonds is 5. The molecular weight excluding hydrogens is 390 g/mol. The van der Waals surface area contributed by atoms with Crippen molar-refractivity contribution >= 4 is 45.5 Å². The van der Waals surface area contributed by atoms with Crippen molar-refractivity contribution in [1.29, 1.82) is 5.26 Å². The van der Waals surface area contributed by atoms with Gasteiger partial charge in [-0.05, 0) is 42.7 Å². The maximum absolute atomic E-state index is 11.2. The predicted octanol–water partition coefficient (Wildman–Crippen LogP) is 5.10. The van der Waals surface area contributed by atoms with E-state index in [-0.39, 0.29) is 5.69 Å². The van der Waals surface area contributed by atoms with Gasteiger partial charge in [0.1, 0.15) is 11.9 Å². The molecule has 4 rings (SSSR count). The van der Waals surface area contributed by atoms with Gasteiger partial charge in [-0.2, -0.15) is 5.26 Å². The van der Waals surface area contributed by atoms with Crippen LogP contribution in [0.3, 0.4) is 0 Å². The highest BCUT2D eigenvalue weighted by molar-refractivity contribution is 6.18. The number of alkyl halides is 1. The van der Waals surface area contributed by atoms with Crippen LogP contribution < -0.4 is 5.32 Å². The number of para-hydroxylation sites is 2. The highest BCUT2D eigenvalue weighted by Crippen LogP contribution is 2.33. The molecular formula is C21H16ClN5O2. The van der Waals surface area contributed by atoms with Gasteiger partial charge in [-0.15, -0.1) is 11.6 Å². The summed E-state index contributed by atoms with van der Waals surface area (Å²) < 4.78 is 1.89. The van der Waals surface area contributed by atoms with Crippen molar-refractivity contribution in [2.24, 2.45) is 0 Å². The molecule has 7 nitrogen and oxygen atoms in total. The molecule has 0 aliphatic carbocycles. The molecule has 0 bridgehead atoms. The molecule has 0 aliphatic heterocycles. The third-order valence-corrected chi connectivity index (χ3v) is 5.09. The summed E-state index contributed by atoms with van der Waals surface area (Å²) in [6.07, 6.45) is 0.530. The van der Waals surface area contributed by atoms with Crippen LogP contribution in [0, 0.1) is 28.4 Å². The van der Waals surface area contributed by atoms with Crippen LogP contribution in [0.1, 0.15) is 16.7 Å². The van der Waals surface area contributed by atoms with E-state index in [0.717, 1.165) is 22.2 Å². The van der Waals surface area contributed by atoms with Crippen molar-refractivity contribution < 1.29 is 4.92 Å². The number of nitrogens with zero attached hydrogens (tertiary/aromatic N) is 4. The molecule has 0 saturated heterocycles. The maximum Gasteiger partial charge on any atom is 0.271 e. The Bertz CT molecular complexity index is 1310. The number of nitriles is 1. The summed E-state index contributed by atoms with van der Waals surface area (Å²) in [4.78, 5) is 15.4. The fourth-order valence-corrected chi connectivity index (χ4v) is 3.74. The number of halogens is 1. The summed E-state index contributed by atoms with van der Waals surface area (Å²) in [5, 5.41) is 24.3. The second-order valence-corrected chi connectivity index (χ2v) is 6.95. The standard InChI is InChI=1S/C21H16ClN5O2/c1-13-16(9-10-22)20(24-14-5-4-6-15(11-14)27(28)29)26-19-8-3-2-7-18(19)25-21(26)17(13)12-23/h2-8,11,24H,9-10H2,1H3. The summed E-state index contributed by atoms with van der Waals surface area (Å²) in [6.45, 7) is 1.87. The lowest BCUT2D eigenvalue weighted by atomic mass is 10.0. The van der Waals surface area contributed by atoms with Crippen molar-refractivity contribution in [3.63, 3.8) is 0 Å². The minimum Gasteiger partial charge on any atom is -0.341 e. The fourth-order valence-electron chi connectivity index (χ4n) is 3.55. The fraction of sp³-hybridized carbons (Fsp3) is 0.143. The second-order valence-electron chi connectivity index (χ2n) is 6.57. The number of pyridine rings is 1. The highest BCUT2D eigenvalue weighted by atomic mass is 35.5. The lowest BCUT2D eigenvalue weighted by Gasteiger charge is -2.18. The molecule has 4 aromatic rings. The van der Waals surface area contributed by atoms with E-state index in [1.807, 2.05) is 35.6 Å². The first-order valence-electron chi connectivity index (χ1n) is 8.95. The minimum absolute atomic E-state index is 0.00834. The molecule has 2 aromatic heterocycles. The number of aromatic nitrogens is 2. The van der Waals surface area contributed by atoms with Gasteiger partial charge < -0.3 is 5.32 Å². The van der Waals surface area contributed by atoms with Crippen LogP contribution in [-0.2, 0) is 6.42 Å². The van der Waals surface area contributed by atoms with Crippen molar-refractivity contribution in [3.8, 4) is 6.07 Å². The average Bonchev–Trinajstić information content (AvgIpc) is 3.10. The van der Waals surface area contributed by atoms with E-state index >= 15 is 0 Å². The van der Waals surface area contributed by atoms with E-state index in [1.54, 1.807) is 12.1 Å². The quantitative estimate of drug-likeness (QED) is 0.283. The summed E-state index contributed by atoms with van der Waals surface area (Å²) >= 11 is 6.06. The van der Waals surface area contributed by atoms with Crippen LogP contribution in [0.4, 0.5) is 17.2 Å². The molecule has 0 radical (unpaired) electrons. The molecule has 0 aliphatic rings. The zero-order chi connectivity index (χ0) is 20.5. The number of anilines is 2. The highest BCUT2D eigenvalue weighted by Gasteiger charge is 2.21. The zero-order valence-corrected chi connectivity index (χ0v) is 16.3. The van der Waals surface area contributed by atoms with Crippen molar-refractivity contribution in [1.82, 2.24) is 9.38 Å². The average molecular weight is 406 g/mol. The second kappa shape index (κ2) is 7.41. The normalized spacial score (nSPS) is 10.9. The third kappa shape index (κ3) is 3.13. The molecule has 8 heteroatoms. The van der Waals surface area contributed by atoms with E-state index in [9.17, 15) is 15.4 Å². The molecule has 0 fully saturated rings. The predicted molar refractivity (Wildman–Crippen MR) is 113 cm³/mol. The first kappa shape index (κ1) is 18.7. The number of hydrogen-bond acceptors (Lipinski definition) is 5. The van der Waals surface area contributed by atoms with Crippen LogP contribution in [0.2, 0.25) is 0 Å². The molecule has 144 valence electrons. The van der Waals surface area contributed by atoms with E-state index in [4.69, 9.17) is 11.6 Å². The Balaban J connectivity index is 2.05. The van der Waals surface area contributed by atoms with Gasteiger partial charge in [-0.25, -0.2) is 4.98 Å². The molecule has 2 aromatic carbocycles. The molecule has 0 amide bonds. The monoisotopic (exact) mass is 405 g/mol. The van der Waals surface area contributed by atoms with Gasteiger partial charge in [0.15, 0.2) is 5.65 Å². The summed E-state index contributed by atoms with van der Waals surface area (Å²) in [5.41, 5.74) is 4.85. The van der Waals surface area contributed by atoms with Crippen LogP contribution in [0.25, 0.3) is 16.7 Å². The number of fused-ring (bicyclic) bond motifs is 3. The molecule has 1 N–H and O–H groups in total. The van der Waals surface area contributed by atoms with Crippen molar-refractivity contribution in [2.75, 3.05) is 11.2 Å². The van der Waals surface area contributed by atoms with E-state index in [1.165, 1.54) is 12.1 Å². The SMILES string of the molecule is Cc1c(CCCl)c(Nc2cccc([N+](=O)[O-])c2)n2c(nc3ccccc32)c1C#N. The van der Waals surface area contributed by atoms with Crippen molar-refractivity contribution in [2.45, 2.75) is 13.3 Å². The number of imidazole rings is 1. The topological polar surface area (TPSA) is 96.3 Å². The van der Waals surface area contributed by atoms with Gasteiger partial charge in [0.25, 0.3) is 5.69 Å². The Morgan fingerprint density at radius 3 is 2.79 bits per heavy atom. The Kier molecular flexibility index (Phi) is 4.79. The summed E-state index contributed by atoms with van der Waals surface area (Å²) in [7, 11) is 0. The van der Waals surface area contributed by atoms with Crippen molar-refractivity contribution in [3.05, 3.63) is 75.3 Å². The third-order valence-electron chi connectivity index (χ3n) is 4.90. The zero-order valence-electron chi connectivity index (χ0n) is 15.5. The van der Waals surface area contributed by atoms with Gasteiger partial charge in [-0.1, -0.05) is 18.2 Å². The maximum atomic E-state index is 11.2. The number of nitrogens with one attached hydrogen (secondary N) is 1. The smallest absolute Gasteiger partial charge is 0.271 e. The first-order valence-corrected chi connectivity index (χ1v) is 9.48. The van der Waals surface area contributed by atoms with Gasteiger partial charge >= 0.3 is 0 Å². The number of nitro groups is 1. The van der Waals surface area contributed by atoms with Crippen LogP contribution in [0.15, 0.2) is 48.5 Å². The lowest BCUT2D eigenvalue weighted by molar-refractivity contribution is -0.384. The molecule has 2 heterocycles. The molecule has 29 heavy (non-hydrogen) atoms. The van der Waals surface area contributed by atoms with Crippen LogP contribution in [-0.4, -0.2) is 20.2 Å². The Labute approximate surface area is 171 Å². The summed E-state index contributed by atoms with van der Waals surface area (Å²) in [6, 6.07) is 16.2. The summed E-state index contributed by atoms with van der Waals surface area (Å²) in [5.74, 6) is 1.07. The number of nitro benzene ring substituents is 1. The Hall–Kier alpha value is -3.63. The molecule has 0 unspecified atom stereocenters. The lowest BCUT2D eigenvalue weighted by Crippen LogP contribution is -2.09. The number of hydrogen-bond donors (Lipinski definition) is 1.